The summed E-state index contributed by atoms with van der Waals surface area (Å²) in [6.07, 6.45) is 0. The predicted molar refractivity (Wildman–Crippen MR) is 35.2 cm³/mol. The van der Waals surface area contributed by atoms with Crippen LogP contribution in [0.1, 0.15) is 10.7 Å². The second kappa shape index (κ2) is 4.09. The first-order chi connectivity index (χ1) is 3.83. The highest BCUT2D eigenvalue weighted by molar-refractivity contribution is 7.09. The van der Waals surface area contributed by atoms with Crippen LogP contribution in [0.3, 0.4) is 0 Å². The fourth-order valence-corrected chi connectivity index (χ4v) is 1.40. The Morgan fingerprint density at radius 2 is 2.44 bits per heavy atom. The van der Waals surface area contributed by atoms with Gasteiger partial charge < -0.3 is 12.4 Å². The number of H-pyrrole nitrogens is 1. The van der Waals surface area contributed by atoms with Gasteiger partial charge in [-0.2, -0.15) is 0 Å². The van der Waals surface area contributed by atoms with Gasteiger partial charge in [-0.05, 0) is 0 Å². The summed E-state index contributed by atoms with van der Waals surface area (Å²) in [5, 5.41) is 3.24. The average Bonchev–Trinajstić information content (AvgIpc) is 2.14. The van der Waals surface area contributed by atoms with Gasteiger partial charge in [0, 0.05) is 6.92 Å². The van der Waals surface area contributed by atoms with Crippen LogP contribution in [0.2, 0.25) is 0 Å². The van der Waals surface area contributed by atoms with Gasteiger partial charge in [0.15, 0.2) is 0 Å². The molecule has 0 amide bonds. The molecule has 0 aliphatic heterocycles. The highest BCUT2D eigenvalue weighted by Crippen LogP contribution is 2.03. The lowest BCUT2D eigenvalue weighted by molar-refractivity contribution is -0.389. The molecular formula is C5H7Cl2NS. The topological polar surface area (TPSA) is 14.1 Å². The molecule has 0 aliphatic carbocycles. The molecule has 0 unspecified atom stereocenters. The summed E-state index contributed by atoms with van der Waals surface area (Å²) in [6.45, 7) is 2.03. The Morgan fingerprint density at radius 1 is 1.78 bits per heavy atom. The summed E-state index contributed by atoms with van der Waals surface area (Å²) in [4.78, 5) is 3.11. The number of aromatic nitrogens is 1. The molecular weight excluding hydrogens is 177 g/mol. The Hall–Kier alpha value is 0.210. The molecule has 1 aromatic rings. The molecule has 4 heteroatoms. The number of nitrogens with one attached hydrogen (secondary N) is 1. The van der Waals surface area contributed by atoms with Crippen LogP contribution < -0.4 is 17.4 Å². The first-order valence-electron chi connectivity index (χ1n) is 2.35. The van der Waals surface area contributed by atoms with Gasteiger partial charge in [0.2, 0.25) is 10.7 Å². The normalized spacial score (nSPS) is 8.67. The first-order valence-corrected chi connectivity index (χ1v) is 3.76. The highest BCUT2D eigenvalue weighted by atomic mass is 35.5. The fourth-order valence-electron chi connectivity index (χ4n) is 0.509. The molecule has 0 atom stereocenters. The minimum Gasteiger partial charge on any atom is -1.00 e. The smallest absolute Gasteiger partial charge is 0.232 e. The van der Waals surface area contributed by atoms with E-state index in [0.29, 0.717) is 5.88 Å². The Balaban J connectivity index is 0.000000640. The molecule has 1 rings (SSSR count). The average molecular weight is 184 g/mol. The Kier molecular flexibility index (Phi) is 4.19. The summed E-state index contributed by atoms with van der Waals surface area (Å²) in [5.74, 6) is 0.588. The lowest BCUT2D eigenvalue weighted by Crippen LogP contribution is -3.00. The van der Waals surface area contributed by atoms with Gasteiger partial charge >= 0.3 is 0 Å². The number of hydrogen-bond donors (Lipinski definition) is 0. The maximum Gasteiger partial charge on any atom is 0.232 e. The molecule has 0 aromatic carbocycles. The Morgan fingerprint density at radius 3 is 2.67 bits per heavy atom. The van der Waals surface area contributed by atoms with E-state index in [0.717, 1.165) is 5.69 Å². The first kappa shape index (κ1) is 9.21. The monoisotopic (exact) mass is 183 g/mol. The molecule has 9 heavy (non-hydrogen) atoms. The minimum absolute atomic E-state index is 0. The van der Waals surface area contributed by atoms with E-state index in [1.165, 1.54) is 5.01 Å². The second-order valence-electron chi connectivity index (χ2n) is 1.58. The van der Waals surface area contributed by atoms with Crippen LogP contribution in [0.25, 0.3) is 0 Å². The quantitative estimate of drug-likeness (QED) is 0.477. The Bertz CT molecular complexity index is 175. The molecule has 1 nitrogen and oxygen atoms in total. The third-order valence-electron chi connectivity index (χ3n) is 0.859. The number of aryl methyl sites for hydroxylation is 1. The largest absolute Gasteiger partial charge is 1.00 e. The van der Waals surface area contributed by atoms with Crippen molar-refractivity contribution in [3.63, 3.8) is 0 Å². The maximum absolute atomic E-state index is 5.52. The van der Waals surface area contributed by atoms with Crippen LogP contribution in [-0.2, 0) is 5.88 Å². The SMILES string of the molecule is Cc1[nH+]c(CCl)cs1.[Cl-]. The molecule has 0 spiro atoms. The van der Waals surface area contributed by atoms with E-state index in [4.69, 9.17) is 11.6 Å². The van der Waals surface area contributed by atoms with Crippen molar-refractivity contribution >= 4 is 22.9 Å². The molecule has 0 bridgehead atoms. The van der Waals surface area contributed by atoms with Crippen LogP contribution in [0.5, 0.6) is 0 Å². The zero-order chi connectivity index (χ0) is 5.98. The zero-order valence-corrected chi connectivity index (χ0v) is 7.28. The summed E-state index contributed by atoms with van der Waals surface area (Å²) < 4.78 is 0. The molecule has 52 valence electrons. The molecule has 0 saturated heterocycles. The van der Waals surface area contributed by atoms with Crippen molar-refractivity contribution < 1.29 is 17.4 Å². The van der Waals surface area contributed by atoms with Crippen LogP contribution in [0.15, 0.2) is 5.38 Å². The van der Waals surface area contributed by atoms with E-state index in [2.05, 4.69) is 4.98 Å². The van der Waals surface area contributed by atoms with Gasteiger partial charge in [-0.15, -0.1) is 11.6 Å². The summed E-state index contributed by atoms with van der Waals surface area (Å²) in [7, 11) is 0. The van der Waals surface area contributed by atoms with Crippen LogP contribution in [0, 0.1) is 6.92 Å². The van der Waals surface area contributed by atoms with E-state index in [1.54, 1.807) is 11.3 Å². The van der Waals surface area contributed by atoms with Crippen molar-refractivity contribution in [1.29, 1.82) is 0 Å². The molecule has 0 radical (unpaired) electrons. The molecule has 0 fully saturated rings. The van der Waals surface area contributed by atoms with E-state index in [9.17, 15) is 0 Å². The number of halogens is 2. The van der Waals surface area contributed by atoms with E-state index in [1.807, 2.05) is 12.3 Å². The third-order valence-corrected chi connectivity index (χ3v) is 2.00. The third kappa shape index (κ3) is 2.52. The van der Waals surface area contributed by atoms with Crippen molar-refractivity contribution in [3.05, 3.63) is 16.1 Å². The number of rotatable bonds is 1. The summed E-state index contributed by atoms with van der Waals surface area (Å²) in [5.41, 5.74) is 1.11. The number of alkyl halides is 1. The lowest BCUT2D eigenvalue weighted by atomic mass is 10.6. The van der Waals surface area contributed by atoms with Gasteiger partial charge in [-0.1, -0.05) is 11.3 Å². The predicted octanol–water partition coefficient (Wildman–Crippen LogP) is -1.39. The second-order valence-corrected chi connectivity index (χ2v) is 2.93. The minimum atomic E-state index is 0. The highest BCUT2D eigenvalue weighted by Gasteiger charge is 2.01. The number of aromatic amines is 1. The van der Waals surface area contributed by atoms with Crippen LogP contribution >= 0.6 is 22.9 Å². The summed E-state index contributed by atoms with van der Waals surface area (Å²) >= 11 is 7.20. The zero-order valence-electron chi connectivity index (χ0n) is 4.95. The van der Waals surface area contributed by atoms with Crippen molar-refractivity contribution in [2.75, 3.05) is 0 Å². The molecule has 0 aliphatic rings. The summed E-state index contributed by atoms with van der Waals surface area (Å²) in [6, 6.07) is 0. The fraction of sp³-hybridized carbons (Fsp3) is 0.400. The van der Waals surface area contributed by atoms with Gasteiger partial charge in [0.05, 0.1) is 5.38 Å². The molecule has 1 N–H and O–H groups in total. The van der Waals surface area contributed by atoms with Crippen LogP contribution in [0.4, 0.5) is 0 Å². The number of thiazole rings is 1. The molecule has 0 saturated carbocycles. The van der Waals surface area contributed by atoms with Crippen molar-refractivity contribution in [3.8, 4) is 0 Å². The van der Waals surface area contributed by atoms with E-state index < -0.39 is 0 Å². The number of hydrogen-bond acceptors (Lipinski definition) is 1. The van der Waals surface area contributed by atoms with Gasteiger partial charge in [-0.3, -0.25) is 0 Å². The standard InChI is InChI=1S/C5H6ClNS.ClH/c1-4-7-5(2-6)3-8-4;/h3H,2H2,1H3;1H. The van der Waals surface area contributed by atoms with Gasteiger partial charge in [0.25, 0.3) is 0 Å². The van der Waals surface area contributed by atoms with Gasteiger partial charge in [0.1, 0.15) is 5.88 Å². The van der Waals surface area contributed by atoms with E-state index >= 15 is 0 Å². The van der Waals surface area contributed by atoms with Gasteiger partial charge in [-0.25, -0.2) is 4.98 Å². The maximum atomic E-state index is 5.52. The van der Waals surface area contributed by atoms with Crippen molar-refractivity contribution in [1.82, 2.24) is 0 Å². The molecule has 1 aromatic heterocycles. The Labute approximate surface area is 69.5 Å². The molecule has 1 heterocycles. The van der Waals surface area contributed by atoms with Crippen molar-refractivity contribution in [2.45, 2.75) is 12.8 Å². The van der Waals surface area contributed by atoms with Crippen LogP contribution in [-0.4, -0.2) is 0 Å². The van der Waals surface area contributed by atoms with E-state index in [-0.39, 0.29) is 12.4 Å². The lowest BCUT2D eigenvalue weighted by Gasteiger charge is -1.69. The van der Waals surface area contributed by atoms with Crippen molar-refractivity contribution in [2.24, 2.45) is 0 Å².